The molecule has 1 amide bonds. The van der Waals surface area contributed by atoms with Gasteiger partial charge in [0.2, 0.25) is 11.9 Å². The number of nitrogens with zero attached hydrogens (tertiary/aromatic N) is 4. The van der Waals surface area contributed by atoms with Crippen LogP contribution in [0, 0.1) is 5.82 Å². The second-order valence-corrected chi connectivity index (χ2v) is 7.35. The van der Waals surface area contributed by atoms with Crippen molar-refractivity contribution in [3.63, 3.8) is 0 Å². The zero-order valence-electron chi connectivity index (χ0n) is 15.2. The maximum absolute atomic E-state index is 13.0. The predicted molar refractivity (Wildman–Crippen MR) is 108 cm³/mol. The first-order chi connectivity index (χ1) is 13.2. The SMILES string of the molecule is O=C(CSCCCNc1ncccn1)N1CCN(c2ccc(F)cc2)CC1. The Hall–Kier alpha value is -2.35. The van der Waals surface area contributed by atoms with Crippen molar-refractivity contribution in [2.45, 2.75) is 6.42 Å². The number of benzene rings is 1. The number of aromatic nitrogens is 2. The fourth-order valence-corrected chi connectivity index (χ4v) is 3.73. The molecule has 0 unspecified atom stereocenters. The van der Waals surface area contributed by atoms with Crippen LogP contribution in [0.2, 0.25) is 0 Å². The second-order valence-electron chi connectivity index (χ2n) is 6.25. The lowest BCUT2D eigenvalue weighted by Gasteiger charge is -2.36. The van der Waals surface area contributed by atoms with Gasteiger partial charge >= 0.3 is 0 Å². The fourth-order valence-electron chi connectivity index (χ4n) is 2.88. The standard InChI is InChI=1S/C19H24FN5OS/c20-16-3-5-17(6-4-16)24-10-12-25(13-11-24)18(26)15-27-14-2-9-23-19-21-7-1-8-22-19/h1,3-8H,2,9-15H2,(H,21,22,23). The number of carbonyl (C=O) groups excluding carboxylic acids is 1. The van der Waals surface area contributed by atoms with E-state index in [1.54, 1.807) is 42.4 Å². The molecule has 0 bridgehead atoms. The Morgan fingerprint density at radius 3 is 2.52 bits per heavy atom. The predicted octanol–water partition coefficient (Wildman–Crippen LogP) is 2.50. The van der Waals surface area contributed by atoms with E-state index in [1.807, 2.05) is 4.90 Å². The third-order valence-electron chi connectivity index (χ3n) is 4.36. The van der Waals surface area contributed by atoms with Gasteiger partial charge in [-0.05, 0) is 42.5 Å². The number of amides is 1. The van der Waals surface area contributed by atoms with E-state index < -0.39 is 0 Å². The van der Waals surface area contributed by atoms with Crippen LogP contribution in [0.1, 0.15) is 6.42 Å². The molecule has 0 radical (unpaired) electrons. The first-order valence-electron chi connectivity index (χ1n) is 9.09. The second kappa shape index (κ2) is 10.1. The molecule has 3 rings (SSSR count). The smallest absolute Gasteiger partial charge is 0.232 e. The Kier molecular flexibility index (Phi) is 7.27. The first-order valence-corrected chi connectivity index (χ1v) is 10.2. The molecule has 0 aliphatic carbocycles. The van der Waals surface area contributed by atoms with E-state index in [0.717, 1.165) is 37.5 Å². The summed E-state index contributed by atoms with van der Waals surface area (Å²) in [7, 11) is 0. The lowest BCUT2D eigenvalue weighted by Crippen LogP contribution is -2.49. The van der Waals surface area contributed by atoms with Gasteiger partial charge in [0.25, 0.3) is 0 Å². The highest BCUT2D eigenvalue weighted by Gasteiger charge is 2.21. The molecule has 1 N–H and O–H groups in total. The van der Waals surface area contributed by atoms with E-state index in [-0.39, 0.29) is 11.7 Å². The van der Waals surface area contributed by atoms with E-state index in [4.69, 9.17) is 0 Å². The number of hydrogen-bond acceptors (Lipinski definition) is 6. The molecule has 144 valence electrons. The quantitative estimate of drug-likeness (QED) is 0.700. The van der Waals surface area contributed by atoms with Crippen molar-refractivity contribution >= 4 is 29.3 Å². The number of hydrogen-bond donors (Lipinski definition) is 1. The van der Waals surface area contributed by atoms with Gasteiger partial charge in [0, 0.05) is 50.8 Å². The third-order valence-corrected chi connectivity index (χ3v) is 5.39. The maximum Gasteiger partial charge on any atom is 0.232 e. The van der Waals surface area contributed by atoms with Crippen molar-refractivity contribution in [2.75, 3.05) is 54.4 Å². The molecule has 1 aromatic carbocycles. The Morgan fingerprint density at radius 1 is 1.11 bits per heavy atom. The van der Waals surface area contributed by atoms with Crippen LogP contribution in [0.3, 0.4) is 0 Å². The topological polar surface area (TPSA) is 61.4 Å². The van der Waals surface area contributed by atoms with E-state index in [1.165, 1.54) is 12.1 Å². The highest BCUT2D eigenvalue weighted by atomic mass is 32.2. The van der Waals surface area contributed by atoms with Gasteiger partial charge in [0.15, 0.2) is 0 Å². The normalized spacial score (nSPS) is 14.3. The highest BCUT2D eigenvalue weighted by Crippen LogP contribution is 2.17. The summed E-state index contributed by atoms with van der Waals surface area (Å²) < 4.78 is 13.0. The summed E-state index contributed by atoms with van der Waals surface area (Å²) in [5, 5.41) is 3.16. The molecule has 0 spiro atoms. The molecule has 2 aromatic rings. The van der Waals surface area contributed by atoms with Crippen LogP contribution in [0.4, 0.5) is 16.0 Å². The molecular formula is C19H24FN5OS. The van der Waals surface area contributed by atoms with Gasteiger partial charge in [0.1, 0.15) is 5.82 Å². The Bertz CT molecular complexity index is 708. The Balaban J connectivity index is 1.28. The van der Waals surface area contributed by atoms with E-state index >= 15 is 0 Å². The Morgan fingerprint density at radius 2 is 1.81 bits per heavy atom. The number of piperazine rings is 1. The van der Waals surface area contributed by atoms with Gasteiger partial charge in [-0.2, -0.15) is 11.8 Å². The minimum absolute atomic E-state index is 0.193. The maximum atomic E-state index is 13.0. The van der Waals surface area contributed by atoms with Crippen molar-refractivity contribution in [3.8, 4) is 0 Å². The van der Waals surface area contributed by atoms with Gasteiger partial charge in [-0.1, -0.05) is 0 Å². The molecule has 1 aliphatic rings. The van der Waals surface area contributed by atoms with Crippen molar-refractivity contribution in [2.24, 2.45) is 0 Å². The van der Waals surface area contributed by atoms with Gasteiger partial charge in [-0.15, -0.1) is 0 Å². The van der Waals surface area contributed by atoms with Crippen molar-refractivity contribution in [3.05, 3.63) is 48.5 Å². The highest BCUT2D eigenvalue weighted by molar-refractivity contribution is 7.99. The minimum atomic E-state index is -0.226. The van der Waals surface area contributed by atoms with Gasteiger partial charge < -0.3 is 15.1 Å². The zero-order valence-corrected chi connectivity index (χ0v) is 16.0. The summed E-state index contributed by atoms with van der Waals surface area (Å²) in [5.41, 5.74) is 1.01. The summed E-state index contributed by atoms with van der Waals surface area (Å²) in [6.45, 7) is 3.78. The molecule has 27 heavy (non-hydrogen) atoms. The lowest BCUT2D eigenvalue weighted by molar-refractivity contribution is -0.128. The van der Waals surface area contributed by atoms with Crippen LogP contribution in [0.5, 0.6) is 0 Å². The average molecular weight is 390 g/mol. The molecule has 1 saturated heterocycles. The summed E-state index contributed by atoms with van der Waals surface area (Å²) in [4.78, 5) is 24.7. The van der Waals surface area contributed by atoms with E-state index in [0.29, 0.717) is 24.8 Å². The number of thioether (sulfide) groups is 1. The van der Waals surface area contributed by atoms with Crippen LogP contribution >= 0.6 is 11.8 Å². The summed E-state index contributed by atoms with van der Waals surface area (Å²) in [6, 6.07) is 8.31. The summed E-state index contributed by atoms with van der Waals surface area (Å²) >= 11 is 1.66. The molecule has 1 aromatic heterocycles. The van der Waals surface area contributed by atoms with Crippen LogP contribution < -0.4 is 10.2 Å². The zero-order chi connectivity index (χ0) is 18.9. The molecule has 0 saturated carbocycles. The molecule has 0 atom stereocenters. The van der Waals surface area contributed by atoms with E-state index in [2.05, 4.69) is 20.2 Å². The lowest BCUT2D eigenvalue weighted by atomic mass is 10.2. The average Bonchev–Trinajstić information content (AvgIpc) is 2.72. The fraction of sp³-hybridized carbons (Fsp3) is 0.421. The van der Waals surface area contributed by atoms with Crippen LogP contribution in [-0.2, 0) is 4.79 Å². The third kappa shape index (κ3) is 6.09. The largest absolute Gasteiger partial charge is 0.368 e. The number of rotatable bonds is 8. The number of anilines is 2. The van der Waals surface area contributed by atoms with Crippen LogP contribution in [-0.4, -0.2) is 65.0 Å². The molecule has 1 aliphatic heterocycles. The number of carbonyl (C=O) groups is 1. The van der Waals surface area contributed by atoms with Crippen LogP contribution in [0.25, 0.3) is 0 Å². The van der Waals surface area contributed by atoms with Crippen molar-refractivity contribution < 1.29 is 9.18 Å². The molecule has 8 heteroatoms. The first kappa shape index (κ1) is 19.4. The Labute approximate surface area is 163 Å². The molecule has 2 heterocycles. The van der Waals surface area contributed by atoms with Gasteiger partial charge in [-0.3, -0.25) is 4.79 Å². The number of halogens is 1. The van der Waals surface area contributed by atoms with Crippen molar-refractivity contribution in [1.82, 2.24) is 14.9 Å². The summed E-state index contributed by atoms with van der Waals surface area (Å²) in [5.74, 6) is 2.03. The van der Waals surface area contributed by atoms with Gasteiger partial charge in [-0.25, -0.2) is 14.4 Å². The molecule has 6 nitrogen and oxygen atoms in total. The van der Waals surface area contributed by atoms with Crippen molar-refractivity contribution in [1.29, 1.82) is 0 Å². The van der Waals surface area contributed by atoms with Gasteiger partial charge in [0.05, 0.1) is 5.75 Å². The van der Waals surface area contributed by atoms with Crippen LogP contribution in [0.15, 0.2) is 42.7 Å². The number of nitrogens with one attached hydrogen (secondary N) is 1. The summed E-state index contributed by atoms with van der Waals surface area (Å²) in [6.07, 6.45) is 4.37. The monoisotopic (exact) mass is 389 g/mol. The minimum Gasteiger partial charge on any atom is -0.368 e. The van der Waals surface area contributed by atoms with E-state index in [9.17, 15) is 9.18 Å². The molecular weight excluding hydrogens is 365 g/mol. The molecule has 1 fully saturated rings.